The van der Waals surface area contributed by atoms with Gasteiger partial charge in [-0.1, -0.05) is 6.92 Å². The van der Waals surface area contributed by atoms with Crippen LogP contribution in [0.1, 0.15) is 33.6 Å². The van der Waals surface area contributed by atoms with Gasteiger partial charge in [-0.05, 0) is 50.5 Å². The van der Waals surface area contributed by atoms with E-state index in [-0.39, 0.29) is 30.3 Å². The van der Waals surface area contributed by atoms with E-state index in [1.165, 1.54) is 0 Å². The maximum absolute atomic E-state index is 11.8. The number of anilines is 1. The van der Waals surface area contributed by atoms with Crippen LogP contribution in [0.25, 0.3) is 0 Å². The van der Waals surface area contributed by atoms with Gasteiger partial charge in [0.05, 0.1) is 6.10 Å². The van der Waals surface area contributed by atoms with Crippen LogP contribution >= 0.6 is 0 Å². The molecule has 0 radical (unpaired) electrons. The molecule has 0 heterocycles. The lowest BCUT2D eigenvalue weighted by Gasteiger charge is -2.11. The fourth-order valence-electron chi connectivity index (χ4n) is 2.23. The summed E-state index contributed by atoms with van der Waals surface area (Å²) in [7, 11) is 0. The molecule has 0 aliphatic heterocycles. The molecule has 1 aliphatic carbocycles. The minimum Gasteiger partial charge on any atom is -0.491 e. The van der Waals surface area contributed by atoms with Gasteiger partial charge >= 0.3 is 0 Å². The van der Waals surface area contributed by atoms with Crippen molar-refractivity contribution in [3.8, 4) is 5.75 Å². The third-order valence-corrected chi connectivity index (χ3v) is 3.61. The summed E-state index contributed by atoms with van der Waals surface area (Å²) in [6, 6.07) is 7.26. The molecule has 2 N–H and O–H groups in total. The molecular formula is C17H24N2O3. The molecule has 0 aromatic heterocycles. The smallest absolute Gasteiger partial charge is 0.226 e. The number of carbonyl (C=O) groups excluding carboxylic acids is 2. The van der Waals surface area contributed by atoms with E-state index in [9.17, 15) is 9.59 Å². The van der Waals surface area contributed by atoms with Crippen molar-refractivity contribution in [2.75, 3.05) is 11.9 Å². The maximum atomic E-state index is 11.8. The number of carbonyl (C=O) groups is 2. The van der Waals surface area contributed by atoms with E-state index < -0.39 is 0 Å². The van der Waals surface area contributed by atoms with Gasteiger partial charge in [-0.15, -0.1) is 0 Å². The van der Waals surface area contributed by atoms with E-state index in [4.69, 9.17) is 4.74 Å². The maximum Gasteiger partial charge on any atom is 0.226 e. The molecule has 5 nitrogen and oxygen atoms in total. The first-order chi connectivity index (χ1) is 10.5. The highest BCUT2D eigenvalue weighted by Crippen LogP contribution is 2.37. The van der Waals surface area contributed by atoms with E-state index in [0.29, 0.717) is 12.5 Å². The van der Waals surface area contributed by atoms with Crippen LogP contribution in [0, 0.1) is 11.8 Å². The summed E-state index contributed by atoms with van der Waals surface area (Å²) in [5.74, 6) is 1.37. The molecule has 1 fully saturated rings. The summed E-state index contributed by atoms with van der Waals surface area (Å²) in [6.07, 6.45) is 1.36. The van der Waals surface area contributed by atoms with Gasteiger partial charge in [0.2, 0.25) is 11.8 Å². The normalized spacial score (nSPS) is 19.6. The fraction of sp³-hybridized carbons (Fsp3) is 0.529. The Balaban J connectivity index is 1.69. The number of hydrogen-bond donors (Lipinski definition) is 2. The molecule has 22 heavy (non-hydrogen) atoms. The minimum atomic E-state index is -0.110. The molecule has 0 bridgehead atoms. The fourth-order valence-corrected chi connectivity index (χ4v) is 2.23. The zero-order valence-corrected chi connectivity index (χ0v) is 13.4. The Bertz CT molecular complexity index is 525. The molecule has 1 saturated carbocycles. The van der Waals surface area contributed by atoms with Crippen molar-refractivity contribution in [1.29, 1.82) is 0 Å². The summed E-state index contributed by atoms with van der Waals surface area (Å²) in [4.78, 5) is 23.4. The van der Waals surface area contributed by atoms with Gasteiger partial charge in [-0.2, -0.15) is 0 Å². The lowest BCUT2D eigenvalue weighted by molar-refractivity contribution is -0.122. The third-order valence-electron chi connectivity index (χ3n) is 3.61. The van der Waals surface area contributed by atoms with Crippen LogP contribution < -0.4 is 15.4 Å². The highest BCUT2D eigenvalue weighted by Gasteiger charge is 2.38. The summed E-state index contributed by atoms with van der Waals surface area (Å²) >= 11 is 0. The van der Waals surface area contributed by atoms with E-state index in [2.05, 4.69) is 17.6 Å². The summed E-state index contributed by atoms with van der Waals surface area (Å²) in [5, 5.41) is 5.61. The largest absolute Gasteiger partial charge is 0.491 e. The van der Waals surface area contributed by atoms with Crippen LogP contribution in [0.15, 0.2) is 24.3 Å². The second-order valence-corrected chi connectivity index (χ2v) is 6.10. The SMILES string of the molecule is CC(C)Oc1ccc(NC(=O)CCNC(=O)[C@H]2C[C@@H]2C)cc1. The first kappa shape index (κ1) is 16.3. The molecule has 1 aromatic rings. The number of rotatable bonds is 7. The van der Waals surface area contributed by atoms with Gasteiger partial charge in [0, 0.05) is 24.6 Å². The molecule has 1 aromatic carbocycles. The standard InChI is InChI=1S/C17H24N2O3/c1-11(2)22-14-6-4-13(5-7-14)19-16(20)8-9-18-17(21)15-10-12(15)3/h4-7,11-12,15H,8-10H2,1-3H3,(H,18,21)(H,19,20)/t12-,15-/m0/s1. The highest BCUT2D eigenvalue weighted by atomic mass is 16.5. The molecule has 5 heteroatoms. The Labute approximate surface area is 131 Å². The summed E-state index contributed by atoms with van der Waals surface area (Å²) in [6.45, 7) is 6.37. The molecule has 120 valence electrons. The minimum absolute atomic E-state index is 0.0653. The molecule has 0 saturated heterocycles. The Kier molecular flexibility index (Phi) is 5.41. The second kappa shape index (κ2) is 7.29. The lowest BCUT2D eigenvalue weighted by atomic mass is 10.2. The van der Waals surface area contributed by atoms with Crippen LogP contribution in [0.5, 0.6) is 5.75 Å². The Morgan fingerprint density at radius 2 is 1.91 bits per heavy atom. The number of amides is 2. The molecule has 1 aliphatic rings. The van der Waals surface area contributed by atoms with Crippen molar-refractivity contribution in [2.45, 2.75) is 39.7 Å². The Morgan fingerprint density at radius 3 is 2.45 bits per heavy atom. The molecule has 2 rings (SSSR count). The topological polar surface area (TPSA) is 67.4 Å². The number of benzene rings is 1. The van der Waals surface area contributed by atoms with Gasteiger partial charge in [0.15, 0.2) is 0 Å². The zero-order chi connectivity index (χ0) is 16.1. The van der Waals surface area contributed by atoms with Crippen molar-refractivity contribution in [2.24, 2.45) is 11.8 Å². The number of ether oxygens (including phenoxy) is 1. The van der Waals surface area contributed by atoms with Gasteiger partial charge in [0.25, 0.3) is 0 Å². The highest BCUT2D eigenvalue weighted by molar-refractivity contribution is 5.91. The van der Waals surface area contributed by atoms with Crippen LogP contribution in [-0.2, 0) is 9.59 Å². The van der Waals surface area contributed by atoms with Crippen LogP contribution in [0.4, 0.5) is 5.69 Å². The Hall–Kier alpha value is -2.04. The summed E-state index contributed by atoms with van der Waals surface area (Å²) in [5.41, 5.74) is 0.725. The average Bonchev–Trinajstić information content (AvgIpc) is 3.17. The van der Waals surface area contributed by atoms with Crippen molar-refractivity contribution >= 4 is 17.5 Å². The Morgan fingerprint density at radius 1 is 1.27 bits per heavy atom. The monoisotopic (exact) mass is 304 g/mol. The van der Waals surface area contributed by atoms with E-state index in [1.807, 2.05) is 26.0 Å². The first-order valence-electron chi connectivity index (χ1n) is 7.80. The van der Waals surface area contributed by atoms with E-state index in [1.54, 1.807) is 12.1 Å². The van der Waals surface area contributed by atoms with E-state index in [0.717, 1.165) is 17.9 Å². The molecule has 0 spiro atoms. The molecule has 2 atom stereocenters. The van der Waals surface area contributed by atoms with Gasteiger partial charge in [-0.3, -0.25) is 9.59 Å². The predicted octanol–water partition coefficient (Wildman–Crippen LogP) is 2.57. The molecule has 0 unspecified atom stereocenters. The van der Waals surface area contributed by atoms with Crippen molar-refractivity contribution in [3.63, 3.8) is 0 Å². The second-order valence-electron chi connectivity index (χ2n) is 6.10. The van der Waals surface area contributed by atoms with Crippen molar-refractivity contribution in [1.82, 2.24) is 5.32 Å². The van der Waals surface area contributed by atoms with Crippen molar-refractivity contribution in [3.05, 3.63) is 24.3 Å². The predicted molar refractivity (Wildman–Crippen MR) is 85.7 cm³/mol. The van der Waals surface area contributed by atoms with Crippen LogP contribution in [0.2, 0.25) is 0 Å². The van der Waals surface area contributed by atoms with Crippen molar-refractivity contribution < 1.29 is 14.3 Å². The van der Waals surface area contributed by atoms with Gasteiger partial charge in [0.1, 0.15) is 5.75 Å². The summed E-state index contributed by atoms with van der Waals surface area (Å²) < 4.78 is 5.54. The van der Waals surface area contributed by atoms with Gasteiger partial charge in [-0.25, -0.2) is 0 Å². The van der Waals surface area contributed by atoms with Crippen LogP contribution in [-0.4, -0.2) is 24.5 Å². The van der Waals surface area contributed by atoms with Crippen LogP contribution in [0.3, 0.4) is 0 Å². The van der Waals surface area contributed by atoms with E-state index >= 15 is 0 Å². The van der Waals surface area contributed by atoms with Gasteiger partial charge < -0.3 is 15.4 Å². The number of hydrogen-bond acceptors (Lipinski definition) is 3. The molecule has 2 amide bonds. The third kappa shape index (κ3) is 5.06. The zero-order valence-electron chi connectivity index (χ0n) is 13.4. The average molecular weight is 304 g/mol. The number of nitrogens with one attached hydrogen (secondary N) is 2. The lowest BCUT2D eigenvalue weighted by Crippen LogP contribution is -2.29. The first-order valence-corrected chi connectivity index (χ1v) is 7.80. The molecular weight excluding hydrogens is 280 g/mol. The quantitative estimate of drug-likeness (QED) is 0.813.